The van der Waals surface area contributed by atoms with E-state index in [-0.39, 0.29) is 5.12 Å². The number of nitrogens with zero attached hydrogens (tertiary/aromatic N) is 1. The van der Waals surface area contributed by atoms with Crippen LogP contribution >= 0.6 is 11.8 Å². The fourth-order valence-electron chi connectivity index (χ4n) is 0.752. The molecule has 0 bridgehead atoms. The first-order valence-electron chi connectivity index (χ1n) is 3.92. The summed E-state index contributed by atoms with van der Waals surface area (Å²) in [6.07, 6.45) is 2.66. The minimum Gasteiger partial charge on any atom is -0.280 e. The first kappa shape index (κ1) is 9.26. The fraction of sp³-hybridized carbons (Fsp3) is 0.333. The zero-order chi connectivity index (χ0) is 8.81. The van der Waals surface area contributed by atoms with Crippen molar-refractivity contribution in [1.82, 2.24) is 4.98 Å². The van der Waals surface area contributed by atoms with Crippen LogP contribution in [0.1, 0.15) is 23.8 Å². The third-order valence-corrected chi connectivity index (χ3v) is 2.40. The second kappa shape index (κ2) is 4.93. The standard InChI is InChI=1S/C9H11NOS/c1-2-7-12-9(11)8-5-3-4-6-10-8/h3-6H,2,7H2,1H3. The van der Waals surface area contributed by atoms with Crippen LogP contribution in [0.4, 0.5) is 0 Å². The number of pyridine rings is 1. The lowest BCUT2D eigenvalue weighted by Crippen LogP contribution is -1.96. The van der Waals surface area contributed by atoms with E-state index in [1.807, 2.05) is 6.07 Å². The Balaban J connectivity index is 2.54. The molecule has 0 fully saturated rings. The monoisotopic (exact) mass is 181 g/mol. The van der Waals surface area contributed by atoms with Gasteiger partial charge in [-0.1, -0.05) is 24.8 Å². The summed E-state index contributed by atoms with van der Waals surface area (Å²) in [4.78, 5) is 15.3. The molecule has 0 saturated heterocycles. The Bertz CT molecular complexity index is 248. The average Bonchev–Trinajstić information content (AvgIpc) is 2.15. The van der Waals surface area contributed by atoms with E-state index < -0.39 is 0 Å². The second-order valence-electron chi connectivity index (χ2n) is 2.35. The van der Waals surface area contributed by atoms with Crippen LogP contribution in [0.5, 0.6) is 0 Å². The lowest BCUT2D eigenvalue weighted by atomic mass is 10.4. The van der Waals surface area contributed by atoms with Crippen LogP contribution in [-0.4, -0.2) is 15.9 Å². The van der Waals surface area contributed by atoms with Crippen molar-refractivity contribution in [2.75, 3.05) is 5.75 Å². The first-order valence-corrected chi connectivity index (χ1v) is 4.91. The molecule has 0 spiro atoms. The van der Waals surface area contributed by atoms with E-state index in [2.05, 4.69) is 11.9 Å². The number of carbonyl (C=O) groups is 1. The molecule has 0 unspecified atom stereocenters. The van der Waals surface area contributed by atoms with Crippen molar-refractivity contribution in [3.05, 3.63) is 30.1 Å². The maximum atomic E-state index is 11.3. The third kappa shape index (κ3) is 2.66. The quantitative estimate of drug-likeness (QED) is 0.717. The highest BCUT2D eigenvalue weighted by molar-refractivity contribution is 8.14. The summed E-state index contributed by atoms with van der Waals surface area (Å²) < 4.78 is 0. The molecular formula is C9H11NOS. The van der Waals surface area contributed by atoms with Crippen LogP contribution in [0.2, 0.25) is 0 Å². The Morgan fingerprint density at radius 3 is 3.00 bits per heavy atom. The van der Waals surface area contributed by atoms with E-state index in [9.17, 15) is 4.79 Å². The molecular weight excluding hydrogens is 170 g/mol. The first-order chi connectivity index (χ1) is 5.84. The number of thioether (sulfide) groups is 1. The van der Waals surface area contributed by atoms with Gasteiger partial charge in [0.1, 0.15) is 5.69 Å². The normalized spacial score (nSPS) is 9.75. The number of carbonyl (C=O) groups excluding carboxylic acids is 1. The Kier molecular flexibility index (Phi) is 3.80. The van der Waals surface area contributed by atoms with E-state index >= 15 is 0 Å². The highest BCUT2D eigenvalue weighted by Gasteiger charge is 2.04. The van der Waals surface area contributed by atoms with Crippen LogP contribution in [0, 0.1) is 0 Å². The Hall–Kier alpha value is -0.830. The number of hydrogen-bond acceptors (Lipinski definition) is 3. The van der Waals surface area contributed by atoms with Gasteiger partial charge in [-0.25, -0.2) is 0 Å². The van der Waals surface area contributed by atoms with Crippen LogP contribution in [0.25, 0.3) is 0 Å². The van der Waals surface area contributed by atoms with E-state index in [4.69, 9.17) is 0 Å². The Labute approximate surface area is 76.4 Å². The van der Waals surface area contributed by atoms with Gasteiger partial charge in [-0.05, 0) is 18.6 Å². The fourth-order valence-corrected chi connectivity index (χ4v) is 1.41. The summed E-state index contributed by atoms with van der Waals surface area (Å²) in [7, 11) is 0. The predicted molar refractivity (Wildman–Crippen MR) is 51.3 cm³/mol. The molecule has 0 radical (unpaired) electrons. The molecule has 1 heterocycles. The van der Waals surface area contributed by atoms with Crippen molar-refractivity contribution >= 4 is 16.9 Å². The topological polar surface area (TPSA) is 30.0 Å². The predicted octanol–water partition coefficient (Wildman–Crippen LogP) is 2.37. The van der Waals surface area contributed by atoms with Crippen LogP contribution in [0.3, 0.4) is 0 Å². The molecule has 12 heavy (non-hydrogen) atoms. The van der Waals surface area contributed by atoms with Gasteiger partial charge in [0.05, 0.1) is 0 Å². The molecule has 3 heteroatoms. The smallest absolute Gasteiger partial charge is 0.237 e. The van der Waals surface area contributed by atoms with Crippen molar-refractivity contribution in [3.63, 3.8) is 0 Å². The van der Waals surface area contributed by atoms with E-state index in [0.717, 1.165) is 12.2 Å². The van der Waals surface area contributed by atoms with Gasteiger partial charge in [-0.2, -0.15) is 0 Å². The van der Waals surface area contributed by atoms with Crippen LogP contribution in [0.15, 0.2) is 24.4 Å². The molecule has 0 aliphatic heterocycles. The lowest BCUT2D eigenvalue weighted by Gasteiger charge is -1.96. The molecule has 1 rings (SSSR count). The summed E-state index contributed by atoms with van der Waals surface area (Å²) >= 11 is 1.33. The zero-order valence-corrected chi connectivity index (χ0v) is 7.80. The molecule has 0 N–H and O–H groups in total. The minimum absolute atomic E-state index is 0.0671. The molecule has 64 valence electrons. The second-order valence-corrected chi connectivity index (χ2v) is 3.42. The minimum atomic E-state index is 0.0671. The Morgan fingerprint density at radius 1 is 1.58 bits per heavy atom. The summed E-state index contributed by atoms with van der Waals surface area (Å²) in [6, 6.07) is 5.37. The summed E-state index contributed by atoms with van der Waals surface area (Å²) in [5.74, 6) is 0.870. The molecule has 2 nitrogen and oxygen atoms in total. The van der Waals surface area contributed by atoms with E-state index in [0.29, 0.717) is 5.69 Å². The molecule has 0 aromatic carbocycles. The highest BCUT2D eigenvalue weighted by atomic mass is 32.2. The SMILES string of the molecule is CCCSC(=O)c1ccccn1. The van der Waals surface area contributed by atoms with Gasteiger partial charge in [0.15, 0.2) is 0 Å². The maximum absolute atomic E-state index is 11.3. The number of aromatic nitrogens is 1. The summed E-state index contributed by atoms with van der Waals surface area (Å²) in [5, 5.41) is 0.0671. The lowest BCUT2D eigenvalue weighted by molar-refractivity contribution is 0.108. The maximum Gasteiger partial charge on any atom is 0.237 e. The van der Waals surface area contributed by atoms with Gasteiger partial charge < -0.3 is 0 Å². The van der Waals surface area contributed by atoms with E-state index in [1.54, 1.807) is 18.3 Å². The Morgan fingerprint density at radius 2 is 2.42 bits per heavy atom. The largest absolute Gasteiger partial charge is 0.280 e. The molecule has 1 aromatic rings. The van der Waals surface area contributed by atoms with E-state index in [1.165, 1.54) is 11.8 Å². The zero-order valence-electron chi connectivity index (χ0n) is 6.99. The van der Waals surface area contributed by atoms with Crippen molar-refractivity contribution in [2.45, 2.75) is 13.3 Å². The van der Waals surface area contributed by atoms with Crippen LogP contribution in [-0.2, 0) is 0 Å². The average molecular weight is 181 g/mol. The summed E-state index contributed by atoms with van der Waals surface area (Å²) in [5.41, 5.74) is 0.552. The van der Waals surface area contributed by atoms with Gasteiger partial charge in [0.2, 0.25) is 5.12 Å². The van der Waals surface area contributed by atoms with Gasteiger partial charge in [0.25, 0.3) is 0 Å². The van der Waals surface area contributed by atoms with Crippen molar-refractivity contribution in [1.29, 1.82) is 0 Å². The molecule has 0 saturated carbocycles. The molecule has 0 amide bonds. The molecule has 1 aromatic heterocycles. The van der Waals surface area contributed by atoms with Gasteiger partial charge in [0, 0.05) is 11.9 Å². The van der Waals surface area contributed by atoms with Crippen molar-refractivity contribution < 1.29 is 4.79 Å². The number of rotatable bonds is 3. The van der Waals surface area contributed by atoms with Gasteiger partial charge >= 0.3 is 0 Å². The highest BCUT2D eigenvalue weighted by Crippen LogP contribution is 2.10. The third-order valence-electron chi connectivity index (χ3n) is 1.31. The van der Waals surface area contributed by atoms with Crippen LogP contribution < -0.4 is 0 Å². The number of hydrogen-bond donors (Lipinski definition) is 0. The van der Waals surface area contributed by atoms with Gasteiger partial charge in [-0.15, -0.1) is 0 Å². The van der Waals surface area contributed by atoms with Gasteiger partial charge in [-0.3, -0.25) is 9.78 Å². The van der Waals surface area contributed by atoms with Crippen molar-refractivity contribution in [2.24, 2.45) is 0 Å². The molecule has 0 atom stereocenters. The van der Waals surface area contributed by atoms with Crippen molar-refractivity contribution in [3.8, 4) is 0 Å². The molecule has 0 aliphatic carbocycles. The molecule has 0 aliphatic rings. The summed E-state index contributed by atoms with van der Waals surface area (Å²) in [6.45, 7) is 2.05.